The number of hydrogen-bond acceptors (Lipinski definition) is 6. The number of primary amides is 1. The van der Waals surface area contributed by atoms with Crippen molar-refractivity contribution in [2.45, 2.75) is 5.16 Å². The van der Waals surface area contributed by atoms with Crippen LogP contribution in [0.5, 0.6) is 0 Å². The third kappa shape index (κ3) is 4.09. The third-order valence-electron chi connectivity index (χ3n) is 2.55. The summed E-state index contributed by atoms with van der Waals surface area (Å²) in [5.74, 6) is -0.945. The van der Waals surface area contributed by atoms with Crippen molar-refractivity contribution in [2.24, 2.45) is 5.73 Å². The summed E-state index contributed by atoms with van der Waals surface area (Å²) in [7, 11) is 0. The van der Waals surface area contributed by atoms with Crippen LogP contribution in [0, 0.1) is 0 Å². The van der Waals surface area contributed by atoms with E-state index in [9.17, 15) is 14.4 Å². The minimum absolute atomic E-state index is 0.0144. The van der Waals surface area contributed by atoms with Gasteiger partial charge in [-0.15, -0.1) is 0 Å². The number of amides is 2. The van der Waals surface area contributed by atoms with Crippen molar-refractivity contribution in [2.75, 3.05) is 16.8 Å². The van der Waals surface area contributed by atoms with E-state index < -0.39 is 11.5 Å². The molecule has 2 amide bonds. The van der Waals surface area contributed by atoms with Crippen molar-refractivity contribution in [1.82, 2.24) is 9.97 Å². The average molecular weight is 319 g/mol. The van der Waals surface area contributed by atoms with Crippen molar-refractivity contribution in [3.63, 3.8) is 0 Å². The van der Waals surface area contributed by atoms with Gasteiger partial charge in [-0.25, -0.2) is 4.98 Å². The number of nitrogens with zero attached hydrogens (tertiary/aromatic N) is 1. The van der Waals surface area contributed by atoms with Gasteiger partial charge in [-0.2, -0.15) is 0 Å². The third-order valence-corrected chi connectivity index (χ3v) is 3.42. The molecule has 0 atom stereocenters. The number of nitrogens with one attached hydrogen (secondary N) is 2. The molecule has 0 aliphatic carbocycles. The smallest absolute Gasteiger partial charge is 0.253 e. The molecule has 0 fully saturated rings. The van der Waals surface area contributed by atoms with Gasteiger partial charge in [-0.05, 0) is 12.1 Å². The van der Waals surface area contributed by atoms with Gasteiger partial charge in [-0.1, -0.05) is 23.9 Å². The van der Waals surface area contributed by atoms with Gasteiger partial charge in [0.1, 0.15) is 5.82 Å². The predicted molar refractivity (Wildman–Crippen MR) is 83.6 cm³/mol. The highest BCUT2D eigenvalue weighted by atomic mass is 32.2. The molecular formula is C13H13N5O3S. The van der Waals surface area contributed by atoms with Crippen LogP contribution < -0.4 is 22.3 Å². The highest BCUT2D eigenvalue weighted by Crippen LogP contribution is 2.16. The number of H-pyrrole nitrogens is 1. The molecule has 0 bridgehead atoms. The Morgan fingerprint density at radius 1 is 1.32 bits per heavy atom. The molecule has 9 heteroatoms. The van der Waals surface area contributed by atoms with Crippen LogP contribution in [-0.4, -0.2) is 27.5 Å². The van der Waals surface area contributed by atoms with E-state index in [-0.39, 0.29) is 28.2 Å². The number of nitrogen functional groups attached to an aromatic ring is 1. The van der Waals surface area contributed by atoms with Gasteiger partial charge >= 0.3 is 0 Å². The zero-order valence-corrected chi connectivity index (χ0v) is 12.1. The van der Waals surface area contributed by atoms with Crippen molar-refractivity contribution >= 4 is 35.1 Å². The molecule has 114 valence electrons. The number of carbonyl (C=O) groups is 2. The van der Waals surface area contributed by atoms with Crippen LogP contribution in [0.25, 0.3) is 0 Å². The van der Waals surface area contributed by atoms with Crippen molar-refractivity contribution in [3.8, 4) is 0 Å². The lowest BCUT2D eigenvalue weighted by Gasteiger charge is -2.08. The Hall–Kier alpha value is -2.81. The Kier molecular flexibility index (Phi) is 4.79. The second kappa shape index (κ2) is 6.76. The van der Waals surface area contributed by atoms with Crippen LogP contribution >= 0.6 is 11.8 Å². The van der Waals surface area contributed by atoms with Gasteiger partial charge in [-0.3, -0.25) is 14.4 Å². The predicted octanol–water partition coefficient (Wildman–Crippen LogP) is 0.182. The van der Waals surface area contributed by atoms with Crippen molar-refractivity contribution in [3.05, 3.63) is 46.2 Å². The van der Waals surface area contributed by atoms with Crippen molar-refractivity contribution < 1.29 is 9.59 Å². The highest BCUT2D eigenvalue weighted by molar-refractivity contribution is 7.99. The minimum atomic E-state index is -0.634. The number of aromatic amines is 1. The summed E-state index contributed by atoms with van der Waals surface area (Å²) in [6.45, 7) is 0. The fourth-order valence-corrected chi connectivity index (χ4v) is 2.33. The Morgan fingerprint density at radius 3 is 2.73 bits per heavy atom. The SMILES string of the molecule is NC(=O)c1ccccc1NC(=O)CSc1nc(N)cc(=O)[nH]1. The first-order valence-corrected chi connectivity index (χ1v) is 7.12. The monoisotopic (exact) mass is 319 g/mol. The summed E-state index contributed by atoms with van der Waals surface area (Å²) in [5, 5.41) is 2.82. The number of nitrogens with two attached hydrogens (primary N) is 2. The summed E-state index contributed by atoms with van der Waals surface area (Å²) in [6, 6.07) is 7.55. The molecule has 22 heavy (non-hydrogen) atoms. The molecule has 0 spiro atoms. The fourth-order valence-electron chi connectivity index (χ4n) is 1.65. The topological polar surface area (TPSA) is 144 Å². The molecule has 6 N–H and O–H groups in total. The maximum absolute atomic E-state index is 11.9. The van der Waals surface area contributed by atoms with E-state index in [0.717, 1.165) is 17.8 Å². The number of benzene rings is 1. The first-order chi connectivity index (χ1) is 10.5. The zero-order valence-electron chi connectivity index (χ0n) is 11.3. The minimum Gasteiger partial charge on any atom is -0.383 e. The molecule has 2 rings (SSSR count). The number of rotatable bonds is 5. The van der Waals surface area contributed by atoms with E-state index in [1.807, 2.05) is 0 Å². The largest absolute Gasteiger partial charge is 0.383 e. The number of para-hydroxylation sites is 1. The van der Waals surface area contributed by atoms with Gasteiger partial charge in [0.05, 0.1) is 17.0 Å². The molecule has 1 heterocycles. The summed E-state index contributed by atoms with van der Waals surface area (Å²) in [6.07, 6.45) is 0. The highest BCUT2D eigenvalue weighted by Gasteiger charge is 2.11. The van der Waals surface area contributed by atoms with Crippen molar-refractivity contribution in [1.29, 1.82) is 0 Å². The van der Waals surface area contributed by atoms with Crippen LogP contribution in [0.3, 0.4) is 0 Å². The van der Waals surface area contributed by atoms with Crippen LogP contribution in [0.2, 0.25) is 0 Å². The molecule has 1 aromatic carbocycles. The number of hydrogen-bond donors (Lipinski definition) is 4. The van der Waals surface area contributed by atoms with Crippen LogP contribution in [0.15, 0.2) is 40.3 Å². The lowest BCUT2D eigenvalue weighted by Crippen LogP contribution is -2.19. The quantitative estimate of drug-likeness (QED) is 0.457. The number of thioether (sulfide) groups is 1. The summed E-state index contributed by atoms with van der Waals surface area (Å²) >= 11 is 1.02. The molecular weight excluding hydrogens is 306 g/mol. The van der Waals surface area contributed by atoms with Crippen LogP contribution in [-0.2, 0) is 4.79 Å². The molecule has 0 unspecified atom stereocenters. The van der Waals surface area contributed by atoms with E-state index in [4.69, 9.17) is 11.5 Å². The zero-order chi connectivity index (χ0) is 16.1. The summed E-state index contributed by atoms with van der Waals surface area (Å²) < 4.78 is 0. The van der Waals surface area contributed by atoms with E-state index in [1.165, 1.54) is 6.07 Å². The van der Waals surface area contributed by atoms with E-state index >= 15 is 0 Å². The molecule has 0 radical (unpaired) electrons. The Balaban J connectivity index is 2.02. The lowest BCUT2D eigenvalue weighted by atomic mass is 10.1. The van der Waals surface area contributed by atoms with E-state index in [2.05, 4.69) is 15.3 Å². The first-order valence-electron chi connectivity index (χ1n) is 6.14. The van der Waals surface area contributed by atoms with Crippen LogP contribution in [0.4, 0.5) is 11.5 Å². The van der Waals surface area contributed by atoms with Gasteiger partial charge < -0.3 is 21.8 Å². The lowest BCUT2D eigenvalue weighted by molar-refractivity contribution is -0.113. The molecule has 0 saturated carbocycles. The Labute approximate surface area is 129 Å². The first kappa shape index (κ1) is 15.6. The maximum Gasteiger partial charge on any atom is 0.253 e. The van der Waals surface area contributed by atoms with E-state index in [1.54, 1.807) is 18.2 Å². The van der Waals surface area contributed by atoms with Gasteiger partial charge in [0, 0.05) is 6.07 Å². The fraction of sp³-hybridized carbons (Fsp3) is 0.0769. The van der Waals surface area contributed by atoms with Gasteiger partial charge in [0.15, 0.2) is 5.16 Å². The Bertz CT molecular complexity index is 774. The number of carbonyl (C=O) groups excluding carboxylic acids is 2. The second-order valence-corrected chi connectivity index (χ2v) is 5.19. The Morgan fingerprint density at radius 2 is 2.05 bits per heavy atom. The van der Waals surface area contributed by atoms with Crippen LogP contribution in [0.1, 0.15) is 10.4 Å². The standard InChI is InChI=1S/C13H13N5O3S/c14-9-5-10(19)18-13(17-9)22-6-11(20)16-8-4-2-1-3-7(8)12(15)21/h1-5H,6H2,(H2,15,21)(H,16,20)(H3,14,17,18,19). The molecule has 2 aromatic rings. The molecule has 0 aliphatic rings. The summed E-state index contributed by atoms with van der Waals surface area (Å²) in [4.78, 5) is 40.7. The number of anilines is 2. The number of aromatic nitrogens is 2. The summed E-state index contributed by atoms with van der Waals surface area (Å²) in [5.41, 5.74) is 10.8. The van der Waals surface area contributed by atoms with Gasteiger partial charge in [0.2, 0.25) is 5.91 Å². The van der Waals surface area contributed by atoms with E-state index in [0.29, 0.717) is 5.69 Å². The molecule has 8 nitrogen and oxygen atoms in total. The normalized spacial score (nSPS) is 10.2. The second-order valence-electron chi connectivity index (χ2n) is 4.22. The average Bonchev–Trinajstić information content (AvgIpc) is 2.44. The molecule has 0 aliphatic heterocycles. The van der Waals surface area contributed by atoms with Gasteiger partial charge in [0.25, 0.3) is 11.5 Å². The maximum atomic E-state index is 11.9. The molecule has 1 aromatic heterocycles. The molecule has 0 saturated heterocycles.